The minimum atomic E-state index is 0.277. The molecule has 0 amide bonds. The van der Waals surface area contributed by atoms with E-state index in [1.807, 2.05) is 30.3 Å². The summed E-state index contributed by atoms with van der Waals surface area (Å²) in [5.74, 6) is 0.999. The van der Waals surface area contributed by atoms with E-state index in [0.717, 1.165) is 22.3 Å². The van der Waals surface area contributed by atoms with E-state index >= 15 is 0 Å². The summed E-state index contributed by atoms with van der Waals surface area (Å²) in [5, 5.41) is 14.8. The minimum Gasteiger partial charge on any atom is -0.507 e. The summed E-state index contributed by atoms with van der Waals surface area (Å²) in [7, 11) is 0. The first-order valence-corrected chi connectivity index (χ1v) is 5.58. The molecule has 0 aliphatic rings. The van der Waals surface area contributed by atoms with Crippen LogP contribution in [0.3, 0.4) is 0 Å². The first-order valence-electron chi connectivity index (χ1n) is 5.58. The van der Waals surface area contributed by atoms with Crippen molar-refractivity contribution in [2.45, 2.75) is 0 Å². The van der Waals surface area contributed by atoms with E-state index in [1.165, 1.54) is 6.33 Å². The first kappa shape index (κ1) is 10.5. The molecule has 3 aromatic rings. The van der Waals surface area contributed by atoms with Crippen LogP contribution in [0.2, 0.25) is 0 Å². The van der Waals surface area contributed by atoms with Gasteiger partial charge in [-0.1, -0.05) is 18.2 Å². The zero-order valence-corrected chi connectivity index (χ0v) is 9.54. The number of phenolic OH excluding ortho intramolecular Hbond substituents is 1. The van der Waals surface area contributed by atoms with Crippen LogP contribution in [0.5, 0.6) is 5.75 Å². The predicted octanol–water partition coefficient (Wildman–Crippen LogP) is 3.08. The van der Waals surface area contributed by atoms with Crippen molar-refractivity contribution >= 4 is 22.3 Å². The lowest BCUT2D eigenvalue weighted by Crippen LogP contribution is -1.93. The van der Waals surface area contributed by atoms with Crippen LogP contribution < -0.4 is 5.32 Å². The monoisotopic (exact) mass is 237 g/mol. The van der Waals surface area contributed by atoms with Crippen LogP contribution in [-0.4, -0.2) is 15.1 Å². The molecule has 4 heteroatoms. The van der Waals surface area contributed by atoms with Crippen molar-refractivity contribution in [3.8, 4) is 5.75 Å². The van der Waals surface area contributed by atoms with Crippen LogP contribution in [0, 0.1) is 0 Å². The molecule has 0 saturated heterocycles. The van der Waals surface area contributed by atoms with E-state index in [2.05, 4.69) is 15.3 Å². The van der Waals surface area contributed by atoms with Crippen LogP contribution in [0.4, 0.5) is 11.5 Å². The van der Waals surface area contributed by atoms with Gasteiger partial charge in [0.15, 0.2) is 0 Å². The summed E-state index contributed by atoms with van der Waals surface area (Å²) >= 11 is 0. The summed E-state index contributed by atoms with van der Waals surface area (Å²) < 4.78 is 0. The first-order chi connectivity index (χ1) is 8.83. The van der Waals surface area contributed by atoms with Gasteiger partial charge in [0.25, 0.3) is 0 Å². The molecule has 0 spiro atoms. The highest BCUT2D eigenvalue weighted by Crippen LogP contribution is 2.27. The topological polar surface area (TPSA) is 58.0 Å². The maximum Gasteiger partial charge on any atom is 0.133 e. The van der Waals surface area contributed by atoms with Crippen LogP contribution in [0.1, 0.15) is 0 Å². The summed E-state index contributed by atoms with van der Waals surface area (Å²) in [4.78, 5) is 7.95. The average molecular weight is 237 g/mol. The van der Waals surface area contributed by atoms with Gasteiger partial charge in [0.2, 0.25) is 0 Å². The van der Waals surface area contributed by atoms with Gasteiger partial charge < -0.3 is 10.4 Å². The number of nitrogens with zero attached hydrogens (tertiary/aromatic N) is 2. The van der Waals surface area contributed by atoms with Crippen molar-refractivity contribution in [2.24, 2.45) is 0 Å². The Kier molecular flexibility index (Phi) is 2.53. The molecule has 0 bridgehead atoms. The molecule has 0 aliphatic carbocycles. The SMILES string of the molecule is Oc1cccc2ccc(Nc3ccncn3)cc12. The number of hydrogen-bond acceptors (Lipinski definition) is 4. The number of anilines is 2. The summed E-state index contributed by atoms with van der Waals surface area (Å²) in [6.45, 7) is 0. The molecule has 2 aromatic carbocycles. The van der Waals surface area contributed by atoms with Gasteiger partial charge >= 0.3 is 0 Å². The van der Waals surface area contributed by atoms with Gasteiger partial charge in [0.1, 0.15) is 17.9 Å². The maximum atomic E-state index is 9.81. The number of fused-ring (bicyclic) bond motifs is 1. The average Bonchev–Trinajstić information content (AvgIpc) is 2.41. The Morgan fingerprint density at radius 1 is 1.06 bits per heavy atom. The second kappa shape index (κ2) is 4.33. The molecule has 18 heavy (non-hydrogen) atoms. The number of benzene rings is 2. The zero-order chi connectivity index (χ0) is 12.4. The van der Waals surface area contributed by atoms with E-state index in [0.29, 0.717) is 0 Å². The summed E-state index contributed by atoms with van der Waals surface area (Å²) in [6, 6.07) is 13.1. The Hall–Kier alpha value is -2.62. The number of aromatic hydroxyl groups is 1. The second-order valence-electron chi connectivity index (χ2n) is 3.93. The lowest BCUT2D eigenvalue weighted by atomic mass is 10.1. The van der Waals surface area contributed by atoms with Crippen LogP contribution in [0.15, 0.2) is 55.0 Å². The van der Waals surface area contributed by atoms with Crippen molar-refractivity contribution in [3.05, 3.63) is 55.0 Å². The van der Waals surface area contributed by atoms with Crippen molar-refractivity contribution in [3.63, 3.8) is 0 Å². The molecule has 4 nitrogen and oxygen atoms in total. The molecule has 0 aliphatic heterocycles. The number of rotatable bonds is 2. The molecular formula is C14H11N3O. The Labute approximate surface area is 104 Å². The Morgan fingerprint density at radius 3 is 2.83 bits per heavy atom. The molecule has 0 unspecified atom stereocenters. The van der Waals surface area contributed by atoms with Gasteiger partial charge in [-0.15, -0.1) is 0 Å². The van der Waals surface area contributed by atoms with Gasteiger partial charge in [-0.2, -0.15) is 0 Å². The van der Waals surface area contributed by atoms with E-state index < -0.39 is 0 Å². The Bertz CT molecular complexity index is 683. The molecule has 0 radical (unpaired) electrons. The summed E-state index contributed by atoms with van der Waals surface area (Å²) in [6.07, 6.45) is 3.16. The van der Waals surface area contributed by atoms with Gasteiger partial charge in [0, 0.05) is 17.3 Å². The normalized spacial score (nSPS) is 10.4. The van der Waals surface area contributed by atoms with Gasteiger partial charge in [-0.3, -0.25) is 0 Å². The Balaban J connectivity index is 2.01. The van der Waals surface area contributed by atoms with Crippen molar-refractivity contribution in [1.29, 1.82) is 0 Å². The highest BCUT2D eigenvalue weighted by molar-refractivity contribution is 5.91. The van der Waals surface area contributed by atoms with Crippen LogP contribution in [-0.2, 0) is 0 Å². The van der Waals surface area contributed by atoms with Crippen LogP contribution in [0.25, 0.3) is 10.8 Å². The Morgan fingerprint density at radius 2 is 2.00 bits per heavy atom. The number of aromatic nitrogens is 2. The minimum absolute atomic E-state index is 0.277. The van der Waals surface area contributed by atoms with Crippen molar-refractivity contribution in [2.75, 3.05) is 5.32 Å². The quantitative estimate of drug-likeness (QED) is 0.719. The van der Waals surface area contributed by atoms with E-state index in [-0.39, 0.29) is 5.75 Å². The predicted molar refractivity (Wildman–Crippen MR) is 70.9 cm³/mol. The fraction of sp³-hybridized carbons (Fsp3) is 0. The van der Waals surface area contributed by atoms with Gasteiger partial charge in [0.05, 0.1) is 0 Å². The third-order valence-electron chi connectivity index (χ3n) is 2.71. The molecular weight excluding hydrogens is 226 g/mol. The van der Waals surface area contributed by atoms with E-state index in [1.54, 1.807) is 18.3 Å². The standard InChI is InChI=1S/C14H11N3O/c18-13-3-1-2-10-4-5-11(8-12(10)13)17-14-6-7-15-9-16-14/h1-9,18H,(H,15,16,17). The largest absolute Gasteiger partial charge is 0.507 e. The summed E-state index contributed by atoms with van der Waals surface area (Å²) in [5.41, 5.74) is 0.878. The fourth-order valence-corrected chi connectivity index (χ4v) is 1.85. The molecule has 3 rings (SSSR count). The van der Waals surface area contributed by atoms with Crippen LogP contribution >= 0.6 is 0 Å². The smallest absolute Gasteiger partial charge is 0.133 e. The van der Waals surface area contributed by atoms with Crippen molar-refractivity contribution in [1.82, 2.24) is 9.97 Å². The molecule has 2 N–H and O–H groups in total. The second-order valence-corrected chi connectivity index (χ2v) is 3.93. The molecule has 1 heterocycles. The highest BCUT2D eigenvalue weighted by Gasteiger charge is 2.01. The zero-order valence-electron chi connectivity index (χ0n) is 9.54. The third kappa shape index (κ3) is 1.96. The molecule has 0 saturated carbocycles. The van der Waals surface area contributed by atoms with Crippen molar-refractivity contribution < 1.29 is 5.11 Å². The fourth-order valence-electron chi connectivity index (χ4n) is 1.85. The number of nitrogens with one attached hydrogen (secondary N) is 1. The maximum absolute atomic E-state index is 9.81. The number of hydrogen-bond donors (Lipinski definition) is 2. The molecule has 0 fully saturated rings. The number of phenols is 1. The van der Waals surface area contributed by atoms with Gasteiger partial charge in [-0.05, 0) is 29.7 Å². The molecule has 1 aromatic heterocycles. The lowest BCUT2D eigenvalue weighted by Gasteiger charge is -2.07. The molecule has 88 valence electrons. The third-order valence-corrected chi connectivity index (χ3v) is 2.71. The highest BCUT2D eigenvalue weighted by atomic mass is 16.3. The van der Waals surface area contributed by atoms with E-state index in [9.17, 15) is 5.11 Å². The van der Waals surface area contributed by atoms with E-state index in [4.69, 9.17) is 0 Å². The lowest BCUT2D eigenvalue weighted by molar-refractivity contribution is 0.481. The molecule has 0 atom stereocenters. The van der Waals surface area contributed by atoms with Gasteiger partial charge in [-0.25, -0.2) is 9.97 Å².